The minimum atomic E-state index is -0.527. The zero-order valence-corrected chi connectivity index (χ0v) is 12.8. The lowest BCUT2D eigenvalue weighted by molar-refractivity contribution is -0.169. The van der Waals surface area contributed by atoms with E-state index >= 15 is 0 Å². The van der Waals surface area contributed by atoms with E-state index in [9.17, 15) is 5.11 Å². The summed E-state index contributed by atoms with van der Waals surface area (Å²) < 4.78 is 0. The number of aliphatic hydroxyl groups is 1. The van der Waals surface area contributed by atoms with Crippen molar-refractivity contribution in [2.45, 2.75) is 55.4 Å². The van der Waals surface area contributed by atoms with Crippen molar-refractivity contribution in [2.24, 2.45) is 17.8 Å². The molecule has 4 bridgehead atoms. The van der Waals surface area contributed by atoms with Gasteiger partial charge in [0.1, 0.15) is 0 Å². The molecule has 1 nitrogen and oxygen atoms in total. The Bertz CT molecular complexity index is 515. The smallest absolute Gasteiger partial charge is 0.0703 e. The maximum atomic E-state index is 11.3. The Labute approximate surface area is 126 Å². The van der Waals surface area contributed by atoms with Crippen LogP contribution in [0.1, 0.15) is 50.5 Å². The van der Waals surface area contributed by atoms with E-state index in [0.29, 0.717) is 23.7 Å². The summed E-state index contributed by atoms with van der Waals surface area (Å²) in [4.78, 5) is -0.104. The van der Waals surface area contributed by atoms with Gasteiger partial charge in [0.2, 0.25) is 0 Å². The first-order valence-corrected chi connectivity index (χ1v) is 8.33. The van der Waals surface area contributed by atoms with Gasteiger partial charge in [-0.2, -0.15) is 0 Å². The molecule has 108 valence electrons. The molecule has 0 saturated heterocycles. The molecule has 4 aliphatic rings. The Kier molecular flexibility index (Phi) is 2.79. The van der Waals surface area contributed by atoms with Gasteiger partial charge in [0.15, 0.2) is 0 Å². The van der Waals surface area contributed by atoms with Crippen LogP contribution in [0.15, 0.2) is 30.3 Å². The fourth-order valence-corrected chi connectivity index (χ4v) is 6.54. The third kappa shape index (κ3) is 1.86. The van der Waals surface area contributed by atoms with E-state index in [-0.39, 0.29) is 4.87 Å². The van der Waals surface area contributed by atoms with Crippen LogP contribution in [-0.4, -0.2) is 15.6 Å². The third-order valence-corrected chi connectivity index (χ3v) is 6.62. The quantitative estimate of drug-likeness (QED) is 0.804. The number of rotatable bonds is 2. The number of benzene rings is 1. The van der Waals surface area contributed by atoms with E-state index in [1.807, 2.05) is 0 Å². The monoisotopic (exact) mass is 290 g/mol. The van der Waals surface area contributed by atoms with Gasteiger partial charge in [-0.25, -0.2) is 0 Å². The van der Waals surface area contributed by atoms with Crippen LogP contribution in [0.3, 0.4) is 0 Å². The van der Waals surface area contributed by atoms with Gasteiger partial charge in [0.05, 0.1) is 5.60 Å². The molecule has 1 aromatic carbocycles. The molecule has 0 aliphatic heterocycles. The van der Waals surface area contributed by atoms with Crippen molar-refractivity contribution in [3.63, 3.8) is 0 Å². The van der Waals surface area contributed by atoms with Crippen LogP contribution >= 0.6 is 11.6 Å². The average Bonchev–Trinajstić information content (AvgIpc) is 2.36. The molecule has 4 saturated carbocycles. The highest BCUT2D eigenvalue weighted by atomic mass is 35.5. The highest BCUT2D eigenvalue weighted by Crippen LogP contribution is 2.64. The molecule has 4 aliphatic carbocycles. The normalized spacial score (nSPS) is 47.5. The Morgan fingerprint density at radius 2 is 1.95 bits per heavy atom. The van der Waals surface area contributed by atoms with Crippen molar-refractivity contribution in [2.75, 3.05) is 0 Å². The van der Waals surface area contributed by atoms with Gasteiger partial charge in [0, 0.05) is 4.87 Å². The van der Waals surface area contributed by atoms with E-state index < -0.39 is 5.60 Å². The van der Waals surface area contributed by atoms with Crippen LogP contribution in [0.2, 0.25) is 0 Å². The molecule has 1 unspecified atom stereocenters. The van der Waals surface area contributed by atoms with E-state index in [0.717, 1.165) is 25.7 Å². The van der Waals surface area contributed by atoms with Gasteiger partial charge < -0.3 is 5.11 Å². The molecule has 5 rings (SSSR count). The molecule has 20 heavy (non-hydrogen) atoms. The highest BCUT2D eigenvalue weighted by molar-refractivity contribution is 6.24. The van der Waals surface area contributed by atoms with Crippen LogP contribution in [0.4, 0.5) is 0 Å². The second kappa shape index (κ2) is 4.24. The molecule has 6 atom stereocenters. The van der Waals surface area contributed by atoms with Crippen molar-refractivity contribution >= 4 is 11.6 Å². The number of hydrogen-bond donors (Lipinski definition) is 1. The minimum Gasteiger partial charge on any atom is -0.389 e. The van der Waals surface area contributed by atoms with E-state index in [2.05, 4.69) is 37.3 Å². The second-order valence-electron chi connectivity index (χ2n) is 7.63. The molecular formula is C18H23ClO. The Balaban J connectivity index is 1.69. The highest BCUT2D eigenvalue weighted by Gasteiger charge is 2.62. The first-order chi connectivity index (χ1) is 9.49. The number of alkyl halides is 1. The first kappa shape index (κ1) is 13.2. The summed E-state index contributed by atoms with van der Waals surface area (Å²) in [5, 5.41) is 11.3. The predicted octanol–water partition coefficient (Wildman–Crippen LogP) is 4.34. The molecule has 0 aromatic heterocycles. The lowest BCUT2D eigenvalue weighted by atomic mass is 9.47. The molecule has 0 radical (unpaired) electrons. The molecular weight excluding hydrogens is 268 g/mol. The van der Waals surface area contributed by atoms with Crippen LogP contribution in [0.25, 0.3) is 0 Å². The predicted molar refractivity (Wildman–Crippen MR) is 81.9 cm³/mol. The van der Waals surface area contributed by atoms with Gasteiger partial charge in [-0.1, -0.05) is 37.3 Å². The summed E-state index contributed by atoms with van der Waals surface area (Å²) in [6.07, 6.45) is 5.28. The average molecular weight is 291 g/mol. The topological polar surface area (TPSA) is 20.2 Å². The van der Waals surface area contributed by atoms with Crippen molar-refractivity contribution in [1.82, 2.24) is 0 Å². The van der Waals surface area contributed by atoms with Crippen molar-refractivity contribution in [3.05, 3.63) is 35.9 Å². The van der Waals surface area contributed by atoms with Gasteiger partial charge in [-0.3, -0.25) is 0 Å². The number of halogens is 1. The third-order valence-electron chi connectivity index (χ3n) is 6.18. The Hall–Kier alpha value is -0.530. The summed E-state index contributed by atoms with van der Waals surface area (Å²) in [6, 6.07) is 10.7. The van der Waals surface area contributed by atoms with Crippen LogP contribution in [-0.2, 0) is 0 Å². The molecule has 0 amide bonds. The summed E-state index contributed by atoms with van der Waals surface area (Å²) in [7, 11) is 0. The zero-order valence-electron chi connectivity index (χ0n) is 12.1. The first-order valence-electron chi connectivity index (χ1n) is 7.95. The molecule has 1 aromatic rings. The fraction of sp³-hybridized carbons (Fsp3) is 0.667. The summed E-state index contributed by atoms with van der Waals surface area (Å²) in [5.41, 5.74) is 0.836. The van der Waals surface area contributed by atoms with E-state index in [4.69, 9.17) is 11.6 Å². The van der Waals surface area contributed by atoms with Crippen molar-refractivity contribution < 1.29 is 5.11 Å². The summed E-state index contributed by atoms with van der Waals surface area (Å²) in [6.45, 7) is 2.29. The van der Waals surface area contributed by atoms with Crippen LogP contribution in [0.5, 0.6) is 0 Å². The fourth-order valence-electron chi connectivity index (χ4n) is 5.89. The zero-order chi connectivity index (χ0) is 14.0. The van der Waals surface area contributed by atoms with Gasteiger partial charge in [0.25, 0.3) is 0 Å². The Morgan fingerprint density at radius 3 is 2.60 bits per heavy atom. The summed E-state index contributed by atoms with van der Waals surface area (Å²) >= 11 is 6.78. The Morgan fingerprint density at radius 1 is 1.20 bits per heavy atom. The van der Waals surface area contributed by atoms with Gasteiger partial charge in [-0.05, 0) is 61.3 Å². The van der Waals surface area contributed by atoms with E-state index in [1.165, 1.54) is 12.0 Å². The van der Waals surface area contributed by atoms with Crippen LogP contribution in [0, 0.1) is 17.8 Å². The largest absolute Gasteiger partial charge is 0.389 e. The molecule has 4 fully saturated rings. The lowest BCUT2D eigenvalue weighted by Gasteiger charge is -2.63. The molecule has 0 spiro atoms. The second-order valence-corrected chi connectivity index (χ2v) is 8.43. The molecule has 0 heterocycles. The maximum Gasteiger partial charge on any atom is 0.0703 e. The van der Waals surface area contributed by atoms with Crippen molar-refractivity contribution in [1.29, 1.82) is 0 Å². The summed E-state index contributed by atoms with van der Waals surface area (Å²) in [5.74, 6) is 2.07. The van der Waals surface area contributed by atoms with E-state index in [1.54, 1.807) is 0 Å². The van der Waals surface area contributed by atoms with Gasteiger partial charge in [-0.15, -0.1) is 11.6 Å². The SMILES string of the molecule is CC(c1ccccc1)[C@H]1[C@@H]2C[C@H]3C[C@@](Cl)(C2)C[C@]1(O)C3. The molecule has 1 N–H and O–H groups in total. The van der Waals surface area contributed by atoms with Crippen LogP contribution < -0.4 is 0 Å². The van der Waals surface area contributed by atoms with Crippen molar-refractivity contribution in [3.8, 4) is 0 Å². The standard InChI is InChI=1S/C18H23ClO/c1-12(14-5-3-2-4-6-14)16-15-7-13-8-17(19,10-15)11-18(16,20)9-13/h2-6,12-13,15-16,20H,7-11H2,1H3/t12?,13-,15+,16-,17+,18+/m0/s1. The molecule has 2 heteroatoms. The minimum absolute atomic E-state index is 0.104. The van der Waals surface area contributed by atoms with Gasteiger partial charge >= 0.3 is 0 Å². The number of hydrogen-bond acceptors (Lipinski definition) is 1. The lowest BCUT2D eigenvalue weighted by Crippen LogP contribution is -2.63. The maximum absolute atomic E-state index is 11.3.